The Hall–Kier alpha value is -2.88. The highest BCUT2D eigenvalue weighted by Gasteiger charge is 2.34. The molecule has 0 spiro atoms. The molecule has 1 unspecified atom stereocenters. The van der Waals surface area contributed by atoms with Gasteiger partial charge in [-0.3, -0.25) is 14.8 Å². The topological polar surface area (TPSA) is 104 Å². The Kier molecular flexibility index (Phi) is 4.40. The van der Waals surface area contributed by atoms with Crippen LogP contribution in [-0.2, 0) is 19.9 Å². The molecule has 9 nitrogen and oxygen atoms in total. The molecule has 4 aromatic heterocycles. The molecule has 0 aromatic carbocycles. The van der Waals surface area contributed by atoms with Gasteiger partial charge in [0.25, 0.3) is 0 Å². The van der Waals surface area contributed by atoms with E-state index in [0.29, 0.717) is 34.2 Å². The van der Waals surface area contributed by atoms with Gasteiger partial charge >= 0.3 is 5.69 Å². The maximum Gasteiger partial charge on any atom is 0.321 e. The summed E-state index contributed by atoms with van der Waals surface area (Å²) in [5.41, 5.74) is 2.94. The van der Waals surface area contributed by atoms with Crippen LogP contribution in [0.15, 0.2) is 6.33 Å². The molecule has 1 aliphatic carbocycles. The van der Waals surface area contributed by atoms with Crippen molar-refractivity contribution >= 4 is 32.9 Å². The summed E-state index contributed by atoms with van der Waals surface area (Å²) >= 11 is 1.75. The van der Waals surface area contributed by atoms with E-state index in [1.807, 2.05) is 0 Å². The van der Waals surface area contributed by atoms with Crippen molar-refractivity contribution in [3.8, 4) is 11.5 Å². The van der Waals surface area contributed by atoms with Crippen LogP contribution in [0.5, 0.6) is 0 Å². The normalized spacial score (nSPS) is 16.9. The second kappa shape index (κ2) is 6.81. The SMILES string of the molecule is CCC(C)(C)C1CCc2c(sc3ncn4nc(-c5c([N+](=O)[O-])c(C)nn5C)nc4c23)C1. The number of hydrogen-bond acceptors (Lipinski definition) is 7. The Morgan fingerprint density at radius 2 is 2.13 bits per heavy atom. The fraction of sp³-hybridized carbons (Fsp3) is 0.524. The highest BCUT2D eigenvalue weighted by atomic mass is 32.1. The van der Waals surface area contributed by atoms with E-state index < -0.39 is 4.92 Å². The van der Waals surface area contributed by atoms with E-state index in [1.165, 1.54) is 15.1 Å². The Bertz CT molecular complexity index is 1350. The van der Waals surface area contributed by atoms with Crippen molar-refractivity contribution in [1.82, 2.24) is 29.4 Å². The van der Waals surface area contributed by atoms with Crippen LogP contribution in [0.4, 0.5) is 5.69 Å². The zero-order valence-electron chi connectivity index (χ0n) is 18.3. The highest BCUT2D eigenvalue weighted by Crippen LogP contribution is 2.45. The molecule has 0 amide bonds. The van der Waals surface area contributed by atoms with Crippen LogP contribution in [-0.4, -0.2) is 34.3 Å². The maximum absolute atomic E-state index is 11.6. The third kappa shape index (κ3) is 2.95. The number of nitro groups is 1. The van der Waals surface area contributed by atoms with Gasteiger partial charge in [0.05, 0.1) is 10.3 Å². The largest absolute Gasteiger partial charge is 0.321 e. The quantitative estimate of drug-likeness (QED) is 0.343. The first-order valence-corrected chi connectivity index (χ1v) is 11.4. The van der Waals surface area contributed by atoms with Crippen molar-refractivity contribution in [3.05, 3.63) is 32.6 Å². The third-order valence-corrected chi connectivity index (χ3v) is 8.15. The minimum Gasteiger partial charge on any atom is -0.258 e. The molecule has 1 atom stereocenters. The predicted octanol–water partition coefficient (Wildman–Crippen LogP) is 4.50. The van der Waals surface area contributed by atoms with Gasteiger partial charge in [0, 0.05) is 11.9 Å². The first-order chi connectivity index (χ1) is 14.7. The predicted molar refractivity (Wildman–Crippen MR) is 119 cm³/mol. The molecule has 4 heterocycles. The van der Waals surface area contributed by atoms with Crippen LogP contribution in [0.3, 0.4) is 0 Å². The van der Waals surface area contributed by atoms with Crippen molar-refractivity contribution in [2.45, 2.75) is 53.4 Å². The lowest BCUT2D eigenvalue weighted by Gasteiger charge is -2.36. The Morgan fingerprint density at radius 1 is 1.35 bits per heavy atom. The van der Waals surface area contributed by atoms with Crippen LogP contribution < -0.4 is 0 Å². The molecule has 0 fully saturated rings. The Morgan fingerprint density at radius 3 is 2.84 bits per heavy atom. The van der Waals surface area contributed by atoms with Gasteiger partial charge in [0.15, 0.2) is 11.3 Å². The molecule has 0 N–H and O–H groups in total. The van der Waals surface area contributed by atoms with Gasteiger partial charge in [0.1, 0.15) is 16.9 Å². The van der Waals surface area contributed by atoms with E-state index in [-0.39, 0.29) is 5.69 Å². The lowest BCUT2D eigenvalue weighted by molar-refractivity contribution is -0.384. The van der Waals surface area contributed by atoms with E-state index in [2.05, 4.69) is 36.0 Å². The first kappa shape index (κ1) is 20.0. The molecule has 0 bridgehead atoms. The van der Waals surface area contributed by atoms with Crippen molar-refractivity contribution in [2.75, 3.05) is 0 Å². The standard InChI is InChI=1S/C21H25N7O2S/c1-6-21(3,4)12-7-8-13-14(9-12)31-20-15(13)19-23-18(25-27(19)10-22-20)17-16(28(29)30)11(2)24-26(17)5/h10,12H,6-9H2,1-5H3. The van der Waals surface area contributed by atoms with Crippen molar-refractivity contribution < 1.29 is 4.92 Å². The fourth-order valence-electron chi connectivity index (χ4n) is 4.75. The van der Waals surface area contributed by atoms with Gasteiger partial charge in [-0.25, -0.2) is 14.5 Å². The molecule has 10 heteroatoms. The number of hydrogen-bond donors (Lipinski definition) is 0. The van der Waals surface area contributed by atoms with Gasteiger partial charge in [0.2, 0.25) is 5.82 Å². The molecule has 0 saturated heterocycles. The van der Waals surface area contributed by atoms with E-state index in [4.69, 9.17) is 4.98 Å². The average molecular weight is 440 g/mol. The van der Waals surface area contributed by atoms with Crippen LogP contribution in [0.2, 0.25) is 0 Å². The van der Waals surface area contributed by atoms with E-state index in [0.717, 1.165) is 35.9 Å². The molecule has 0 saturated carbocycles. The van der Waals surface area contributed by atoms with Crippen molar-refractivity contribution in [1.29, 1.82) is 0 Å². The zero-order valence-corrected chi connectivity index (χ0v) is 19.2. The van der Waals surface area contributed by atoms with Gasteiger partial charge < -0.3 is 0 Å². The molecule has 31 heavy (non-hydrogen) atoms. The summed E-state index contributed by atoms with van der Waals surface area (Å²) in [4.78, 5) is 22.9. The smallest absolute Gasteiger partial charge is 0.258 e. The first-order valence-electron chi connectivity index (χ1n) is 10.5. The summed E-state index contributed by atoms with van der Waals surface area (Å²) in [6.07, 6.45) is 6.03. The molecule has 5 rings (SSSR count). The zero-order chi connectivity index (χ0) is 22.1. The van der Waals surface area contributed by atoms with Gasteiger partial charge in [-0.05, 0) is 43.1 Å². The van der Waals surface area contributed by atoms with Gasteiger partial charge in [-0.1, -0.05) is 27.2 Å². The second-order valence-corrected chi connectivity index (χ2v) is 10.2. The summed E-state index contributed by atoms with van der Waals surface area (Å²) < 4.78 is 3.12. The molecule has 162 valence electrons. The van der Waals surface area contributed by atoms with Crippen LogP contribution in [0.25, 0.3) is 27.4 Å². The lowest BCUT2D eigenvalue weighted by Crippen LogP contribution is -2.28. The van der Waals surface area contributed by atoms with Gasteiger partial charge in [-0.2, -0.15) is 5.10 Å². The number of aryl methyl sites for hydroxylation is 3. The Balaban J connectivity index is 1.67. The molecular formula is C21H25N7O2S. The number of rotatable bonds is 4. The number of aromatic nitrogens is 6. The number of fused-ring (bicyclic) bond motifs is 5. The number of nitrogens with zero attached hydrogens (tertiary/aromatic N) is 7. The maximum atomic E-state index is 11.6. The molecule has 0 radical (unpaired) electrons. The second-order valence-electron chi connectivity index (χ2n) is 9.08. The molecule has 0 aliphatic heterocycles. The van der Waals surface area contributed by atoms with E-state index in [1.54, 1.807) is 36.2 Å². The average Bonchev–Trinajstić information content (AvgIpc) is 3.38. The van der Waals surface area contributed by atoms with Crippen LogP contribution in [0, 0.1) is 28.4 Å². The Labute approximate surface area is 183 Å². The van der Waals surface area contributed by atoms with Crippen molar-refractivity contribution in [2.24, 2.45) is 18.4 Å². The lowest BCUT2D eigenvalue weighted by atomic mass is 9.70. The molecule has 4 aromatic rings. The highest BCUT2D eigenvalue weighted by molar-refractivity contribution is 7.19. The monoisotopic (exact) mass is 439 g/mol. The van der Waals surface area contributed by atoms with Crippen LogP contribution >= 0.6 is 11.3 Å². The van der Waals surface area contributed by atoms with E-state index in [9.17, 15) is 10.1 Å². The third-order valence-electron chi connectivity index (χ3n) is 6.99. The fourth-order valence-corrected chi connectivity index (χ4v) is 6.01. The molecular weight excluding hydrogens is 414 g/mol. The summed E-state index contributed by atoms with van der Waals surface area (Å²) in [6, 6.07) is 0. The minimum atomic E-state index is -0.417. The van der Waals surface area contributed by atoms with Gasteiger partial charge in [-0.15, -0.1) is 16.4 Å². The molecule has 1 aliphatic rings. The summed E-state index contributed by atoms with van der Waals surface area (Å²) in [6.45, 7) is 8.61. The summed E-state index contributed by atoms with van der Waals surface area (Å²) in [7, 11) is 1.68. The van der Waals surface area contributed by atoms with E-state index >= 15 is 0 Å². The summed E-state index contributed by atoms with van der Waals surface area (Å²) in [5, 5.41) is 21.4. The van der Waals surface area contributed by atoms with Crippen LogP contribution in [0.1, 0.15) is 49.7 Å². The minimum absolute atomic E-state index is 0.0559. The van der Waals surface area contributed by atoms with Crippen molar-refractivity contribution in [3.63, 3.8) is 0 Å². The number of thiophene rings is 1. The summed E-state index contributed by atoms with van der Waals surface area (Å²) in [5.74, 6) is 0.951.